The predicted octanol–water partition coefficient (Wildman–Crippen LogP) is 13.3. The van der Waals surface area contributed by atoms with Crippen LogP contribution in [0.15, 0.2) is 170 Å². The van der Waals surface area contributed by atoms with Crippen LogP contribution in [0.5, 0.6) is 0 Å². The van der Waals surface area contributed by atoms with E-state index in [1.807, 2.05) is 6.07 Å². The number of rotatable bonds is 4. The maximum atomic E-state index is 14.1. The van der Waals surface area contributed by atoms with Gasteiger partial charge < -0.3 is 9.80 Å². The summed E-state index contributed by atoms with van der Waals surface area (Å²) in [5.41, 5.74) is 14.9. The fraction of sp³-hybridized carbons (Fsp3) is 0.107. The maximum absolute atomic E-state index is 14.1. The third-order valence-electron chi connectivity index (χ3n) is 13.3. The number of ketones is 2. The fourth-order valence-corrected chi connectivity index (χ4v) is 10.2. The summed E-state index contributed by atoms with van der Waals surface area (Å²) < 4.78 is 0. The minimum atomic E-state index is -0.298. The highest BCUT2D eigenvalue weighted by Crippen LogP contribution is 2.57. The first-order valence-corrected chi connectivity index (χ1v) is 20.9. The first kappa shape index (κ1) is 37.1. The third-order valence-corrected chi connectivity index (χ3v) is 13.3. The van der Waals surface area contributed by atoms with Crippen molar-refractivity contribution in [2.75, 3.05) is 9.80 Å². The molecule has 7 aromatic carbocycles. The number of nitrogens with zero attached hydrogens (tertiary/aromatic N) is 4. The van der Waals surface area contributed by atoms with E-state index in [0.29, 0.717) is 44.6 Å². The first-order chi connectivity index (χ1) is 30.1. The first-order valence-electron chi connectivity index (χ1n) is 20.9. The van der Waals surface area contributed by atoms with E-state index >= 15 is 0 Å². The number of para-hydroxylation sites is 4. The SMILES string of the molecule is CC1(C)c2ccccc2N(c2ccc(-c3nccc(C#N)c3-c3ccc4c(c3)C(=O)c3ccccc3C4=O)c(N3c4ccccc4C(C)(C)c4ccccc43)c2)c2ccccc21. The van der Waals surface area contributed by atoms with Crippen molar-refractivity contribution >= 4 is 45.7 Å². The van der Waals surface area contributed by atoms with Gasteiger partial charge in [0.15, 0.2) is 11.6 Å². The Labute approximate surface area is 361 Å². The van der Waals surface area contributed by atoms with E-state index in [1.54, 1.807) is 48.7 Å². The number of benzene rings is 7. The van der Waals surface area contributed by atoms with E-state index in [4.69, 9.17) is 4.98 Å². The van der Waals surface area contributed by atoms with Crippen molar-refractivity contribution in [1.29, 1.82) is 5.26 Å². The van der Waals surface area contributed by atoms with E-state index in [2.05, 4.69) is 159 Å². The van der Waals surface area contributed by atoms with Crippen molar-refractivity contribution in [3.05, 3.63) is 220 Å². The van der Waals surface area contributed by atoms with E-state index in [9.17, 15) is 14.9 Å². The number of fused-ring (bicyclic) bond motifs is 6. The number of anilines is 6. The lowest BCUT2D eigenvalue weighted by Gasteiger charge is -2.44. The summed E-state index contributed by atoms with van der Waals surface area (Å²) in [6.07, 6.45) is 1.68. The monoisotopic (exact) mass is 800 g/mol. The molecule has 0 spiro atoms. The Morgan fingerprint density at radius 3 is 1.45 bits per heavy atom. The van der Waals surface area contributed by atoms with Crippen LogP contribution >= 0.6 is 0 Å². The third kappa shape index (κ3) is 5.25. The van der Waals surface area contributed by atoms with Crippen LogP contribution in [0.4, 0.5) is 34.1 Å². The molecule has 6 heteroatoms. The number of hydrogen-bond acceptors (Lipinski definition) is 6. The molecule has 0 radical (unpaired) electrons. The zero-order chi connectivity index (χ0) is 42.5. The molecule has 0 saturated carbocycles. The van der Waals surface area contributed by atoms with Crippen LogP contribution in [0.2, 0.25) is 0 Å². The molecule has 0 N–H and O–H groups in total. The van der Waals surface area contributed by atoms with Gasteiger partial charge >= 0.3 is 0 Å². The molecule has 11 rings (SSSR count). The Bertz CT molecular complexity index is 3180. The van der Waals surface area contributed by atoms with E-state index < -0.39 is 0 Å². The second kappa shape index (κ2) is 13.6. The largest absolute Gasteiger partial charge is 0.310 e. The summed E-state index contributed by atoms with van der Waals surface area (Å²) in [6.45, 7) is 9.13. The molecule has 3 aliphatic rings. The number of hydrogen-bond donors (Lipinski definition) is 0. The smallest absolute Gasteiger partial charge is 0.194 e. The molecule has 0 fully saturated rings. The Balaban J connectivity index is 1.20. The minimum Gasteiger partial charge on any atom is -0.310 e. The number of aromatic nitrogens is 1. The quantitative estimate of drug-likeness (QED) is 0.176. The number of nitriles is 1. The van der Waals surface area contributed by atoms with Gasteiger partial charge in [-0.3, -0.25) is 14.6 Å². The predicted molar refractivity (Wildman–Crippen MR) is 247 cm³/mol. The van der Waals surface area contributed by atoms with Gasteiger partial charge in [0.05, 0.1) is 45.8 Å². The average molecular weight is 801 g/mol. The van der Waals surface area contributed by atoms with Crippen LogP contribution in [0.25, 0.3) is 22.4 Å². The van der Waals surface area contributed by atoms with Gasteiger partial charge in [0.2, 0.25) is 0 Å². The topological polar surface area (TPSA) is 77.3 Å². The highest BCUT2D eigenvalue weighted by atomic mass is 16.1. The van der Waals surface area contributed by atoms with Gasteiger partial charge in [-0.25, -0.2) is 0 Å². The molecule has 1 aliphatic carbocycles. The lowest BCUT2D eigenvalue weighted by molar-refractivity contribution is 0.0979. The zero-order valence-corrected chi connectivity index (χ0v) is 34.8. The molecule has 0 amide bonds. The van der Waals surface area contributed by atoms with Gasteiger partial charge in [-0.15, -0.1) is 0 Å². The standard InChI is InChI=1S/C56H40N4O2/c1-55(2)42-17-7-11-21-46(42)59(47-22-12-8-18-43(47)55)36-26-28-40(50(32-36)60-48-23-13-9-19-44(48)56(3,4)45-20-10-14-24-49(45)60)52-51(35(33-57)29-30-58-52)34-25-27-39-41(31-34)54(62)38-16-6-5-15-37(38)53(39)61/h5-32H,1-4H3. The van der Waals surface area contributed by atoms with Crippen molar-refractivity contribution in [2.45, 2.75) is 38.5 Å². The average Bonchev–Trinajstić information content (AvgIpc) is 3.31. The van der Waals surface area contributed by atoms with Crippen LogP contribution in [0, 0.1) is 11.3 Å². The van der Waals surface area contributed by atoms with Gasteiger partial charge in [0.1, 0.15) is 0 Å². The van der Waals surface area contributed by atoms with Gasteiger partial charge in [0.25, 0.3) is 0 Å². The molecule has 8 aromatic rings. The van der Waals surface area contributed by atoms with Crippen LogP contribution < -0.4 is 9.80 Å². The van der Waals surface area contributed by atoms with Gasteiger partial charge in [-0.05, 0) is 88.5 Å². The van der Waals surface area contributed by atoms with Crippen LogP contribution in [0.1, 0.15) is 87.4 Å². The van der Waals surface area contributed by atoms with Gasteiger partial charge in [-0.2, -0.15) is 5.26 Å². The summed E-state index contributed by atoms with van der Waals surface area (Å²) in [7, 11) is 0. The molecule has 62 heavy (non-hydrogen) atoms. The van der Waals surface area contributed by atoms with Crippen molar-refractivity contribution < 1.29 is 9.59 Å². The summed E-state index contributed by atoms with van der Waals surface area (Å²) >= 11 is 0. The van der Waals surface area contributed by atoms with Crippen LogP contribution in [-0.4, -0.2) is 16.6 Å². The number of pyridine rings is 1. The molecule has 0 saturated heterocycles. The minimum absolute atomic E-state index is 0.193. The van der Waals surface area contributed by atoms with Crippen molar-refractivity contribution in [2.24, 2.45) is 0 Å². The summed E-state index contributed by atoms with van der Waals surface area (Å²) in [5.74, 6) is -0.415. The molecule has 0 atom stereocenters. The molecule has 6 nitrogen and oxygen atoms in total. The second-order valence-corrected chi connectivity index (χ2v) is 17.3. The highest BCUT2D eigenvalue weighted by molar-refractivity contribution is 6.28. The van der Waals surface area contributed by atoms with Gasteiger partial charge in [-0.1, -0.05) is 131 Å². The molecule has 3 heterocycles. The molecule has 1 aromatic heterocycles. The Morgan fingerprint density at radius 1 is 0.468 bits per heavy atom. The highest BCUT2D eigenvalue weighted by Gasteiger charge is 2.40. The van der Waals surface area contributed by atoms with Crippen molar-refractivity contribution in [3.8, 4) is 28.5 Å². The Morgan fingerprint density at radius 2 is 0.919 bits per heavy atom. The van der Waals surface area contributed by atoms with Crippen molar-refractivity contribution in [3.63, 3.8) is 0 Å². The van der Waals surface area contributed by atoms with Gasteiger partial charge in [0, 0.05) is 56.1 Å². The summed E-state index contributed by atoms with van der Waals surface area (Å²) in [4.78, 5) is 37.6. The van der Waals surface area contributed by atoms with Crippen molar-refractivity contribution in [1.82, 2.24) is 4.98 Å². The normalized spacial score (nSPS) is 15.0. The second-order valence-electron chi connectivity index (χ2n) is 17.3. The summed E-state index contributed by atoms with van der Waals surface area (Å²) in [5, 5.41) is 10.8. The summed E-state index contributed by atoms with van der Waals surface area (Å²) in [6, 6.07) is 57.4. The lowest BCUT2D eigenvalue weighted by atomic mass is 9.73. The van der Waals surface area contributed by atoms with E-state index in [-0.39, 0.29) is 22.4 Å². The molecule has 0 bridgehead atoms. The Hall–Kier alpha value is -7.88. The number of carbonyl (C=O) groups is 2. The fourth-order valence-electron chi connectivity index (χ4n) is 10.2. The Kier molecular flexibility index (Phi) is 8.13. The van der Waals surface area contributed by atoms with E-state index in [0.717, 1.165) is 39.7 Å². The molecule has 2 aliphatic heterocycles. The zero-order valence-electron chi connectivity index (χ0n) is 34.8. The molecular weight excluding hydrogens is 761 g/mol. The van der Waals surface area contributed by atoms with Crippen LogP contribution in [-0.2, 0) is 10.8 Å². The molecular formula is C56H40N4O2. The maximum Gasteiger partial charge on any atom is 0.194 e. The van der Waals surface area contributed by atoms with E-state index in [1.165, 1.54) is 22.3 Å². The van der Waals surface area contributed by atoms with Crippen LogP contribution in [0.3, 0.4) is 0 Å². The molecule has 0 unspecified atom stereocenters. The number of carbonyl (C=O) groups excluding carboxylic acids is 2. The molecule has 296 valence electrons. The lowest BCUT2D eigenvalue weighted by Crippen LogP contribution is -2.31.